The summed E-state index contributed by atoms with van der Waals surface area (Å²) in [6.07, 6.45) is 0. The predicted octanol–water partition coefficient (Wildman–Crippen LogP) is 0.765. The smallest absolute Gasteiger partial charge is 0.321 e. The molecular weight excluding hydrogens is 247 g/mol. The molecule has 0 atom stereocenters. The monoisotopic (exact) mass is 264 g/mol. The molecule has 1 aromatic rings. The Morgan fingerprint density at radius 1 is 1.11 bits per heavy atom. The molecule has 2 saturated heterocycles. The summed E-state index contributed by atoms with van der Waals surface area (Å²) in [5.74, 6) is -0.265. The van der Waals surface area contributed by atoms with E-state index in [1.807, 2.05) is 11.0 Å². The topological polar surface area (TPSA) is 47.6 Å². The lowest BCUT2D eigenvalue weighted by molar-refractivity contribution is 0.252. The summed E-state index contributed by atoms with van der Waals surface area (Å²) < 4.78 is 14.2. The van der Waals surface area contributed by atoms with E-state index in [-0.39, 0.29) is 11.8 Å². The van der Waals surface area contributed by atoms with E-state index >= 15 is 0 Å². The molecule has 2 heterocycles. The fourth-order valence-electron chi connectivity index (χ4n) is 2.54. The number of piperazine rings is 1. The Hall–Kier alpha value is -1.82. The van der Waals surface area contributed by atoms with Gasteiger partial charge in [-0.25, -0.2) is 9.18 Å². The number of rotatable bonds is 2. The Labute approximate surface area is 111 Å². The molecule has 0 aromatic heterocycles. The van der Waals surface area contributed by atoms with Gasteiger partial charge >= 0.3 is 6.03 Å². The molecule has 0 spiro atoms. The van der Waals surface area contributed by atoms with Crippen LogP contribution in [0.15, 0.2) is 18.2 Å². The highest BCUT2D eigenvalue weighted by Crippen LogP contribution is 2.26. The Morgan fingerprint density at radius 3 is 2.53 bits per heavy atom. The Morgan fingerprint density at radius 2 is 1.89 bits per heavy atom. The second kappa shape index (κ2) is 5.05. The molecule has 19 heavy (non-hydrogen) atoms. The standard InChI is InChI=1S/C13H17FN4O/c14-11-9-10(18-8-5-16-13(18)19)1-2-12(11)17-6-3-15-4-7-17/h1-2,9,15H,3-8H2,(H,16,19). The number of halogens is 1. The zero-order valence-electron chi connectivity index (χ0n) is 10.7. The Bertz CT molecular complexity index is 488. The van der Waals surface area contributed by atoms with Gasteiger partial charge in [0.25, 0.3) is 0 Å². The van der Waals surface area contributed by atoms with Gasteiger partial charge in [0.15, 0.2) is 0 Å². The number of hydrogen-bond acceptors (Lipinski definition) is 3. The number of carbonyl (C=O) groups is 1. The van der Waals surface area contributed by atoms with Crippen molar-refractivity contribution in [3.05, 3.63) is 24.0 Å². The lowest BCUT2D eigenvalue weighted by Crippen LogP contribution is -2.43. The maximum Gasteiger partial charge on any atom is 0.321 e. The number of carbonyl (C=O) groups excluding carboxylic acids is 1. The van der Waals surface area contributed by atoms with Crippen LogP contribution in [0.2, 0.25) is 0 Å². The molecule has 1 aromatic carbocycles. The maximum absolute atomic E-state index is 14.2. The normalized spacial score (nSPS) is 19.7. The zero-order valence-corrected chi connectivity index (χ0v) is 10.7. The molecule has 5 nitrogen and oxygen atoms in total. The lowest BCUT2D eigenvalue weighted by atomic mass is 10.2. The highest BCUT2D eigenvalue weighted by atomic mass is 19.1. The van der Waals surface area contributed by atoms with Crippen molar-refractivity contribution in [2.45, 2.75) is 0 Å². The first kappa shape index (κ1) is 12.2. The average Bonchev–Trinajstić information content (AvgIpc) is 2.86. The number of nitrogens with zero attached hydrogens (tertiary/aromatic N) is 2. The third kappa shape index (κ3) is 2.35. The maximum atomic E-state index is 14.2. The van der Waals surface area contributed by atoms with Gasteiger partial charge in [0.2, 0.25) is 0 Å². The van der Waals surface area contributed by atoms with Gasteiger partial charge in [0.05, 0.1) is 5.69 Å². The molecule has 6 heteroatoms. The summed E-state index contributed by atoms with van der Waals surface area (Å²) in [6, 6.07) is 4.86. The number of nitrogens with one attached hydrogen (secondary N) is 2. The molecule has 0 aliphatic carbocycles. The van der Waals surface area contributed by atoms with E-state index in [1.54, 1.807) is 11.0 Å². The average molecular weight is 264 g/mol. The molecule has 0 unspecified atom stereocenters. The van der Waals surface area contributed by atoms with Gasteiger partial charge in [0.1, 0.15) is 5.82 Å². The molecule has 2 amide bonds. The van der Waals surface area contributed by atoms with Crippen molar-refractivity contribution >= 4 is 17.4 Å². The lowest BCUT2D eigenvalue weighted by Gasteiger charge is -2.30. The number of benzene rings is 1. The number of urea groups is 1. The van der Waals surface area contributed by atoms with Crippen molar-refractivity contribution in [2.24, 2.45) is 0 Å². The minimum Gasteiger partial charge on any atom is -0.367 e. The van der Waals surface area contributed by atoms with Crippen LogP contribution < -0.4 is 20.4 Å². The van der Waals surface area contributed by atoms with Crippen LogP contribution in [-0.4, -0.2) is 45.3 Å². The summed E-state index contributed by atoms with van der Waals surface area (Å²) in [7, 11) is 0. The molecule has 0 radical (unpaired) electrons. The number of hydrogen-bond donors (Lipinski definition) is 2. The van der Waals surface area contributed by atoms with Gasteiger partial charge in [-0.05, 0) is 18.2 Å². The largest absolute Gasteiger partial charge is 0.367 e. The van der Waals surface area contributed by atoms with Crippen LogP contribution in [0.3, 0.4) is 0 Å². The van der Waals surface area contributed by atoms with Crippen molar-refractivity contribution in [3.8, 4) is 0 Å². The van der Waals surface area contributed by atoms with Crippen molar-refractivity contribution in [1.29, 1.82) is 0 Å². The molecule has 0 bridgehead atoms. The highest BCUT2D eigenvalue weighted by Gasteiger charge is 2.23. The summed E-state index contributed by atoms with van der Waals surface area (Å²) in [4.78, 5) is 15.1. The zero-order chi connectivity index (χ0) is 13.2. The summed E-state index contributed by atoms with van der Waals surface area (Å²) >= 11 is 0. The van der Waals surface area contributed by atoms with Gasteiger partial charge < -0.3 is 15.5 Å². The fourth-order valence-corrected chi connectivity index (χ4v) is 2.54. The van der Waals surface area contributed by atoms with Gasteiger partial charge in [-0.1, -0.05) is 0 Å². The summed E-state index contributed by atoms with van der Waals surface area (Å²) in [6.45, 7) is 4.55. The van der Waals surface area contributed by atoms with Crippen LogP contribution in [0.25, 0.3) is 0 Å². The van der Waals surface area contributed by atoms with Crippen molar-refractivity contribution < 1.29 is 9.18 Å². The van der Waals surface area contributed by atoms with Gasteiger partial charge in [-0.15, -0.1) is 0 Å². The predicted molar refractivity (Wildman–Crippen MR) is 72.2 cm³/mol. The van der Waals surface area contributed by atoms with Crippen LogP contribution in [0.1, 0.15) is 0 Å². The first-order chi connectivity index (χ1) is 9.25. The van der Waals surface area contributed by atoms with Gasteiger partial charge in [0, 0.05) is 45.0 Å². The molecule has 2 aliphatic heterocycles. The van der Waals surface area contributed by atoms with E-state index in [0.29, 0.717) is 24.5 Å². The molecule has 0 saturated carbocycles. The SMILES string of the molecule is O=C1NCCN1c1ccc(N2CCNCC2)c(F)c1. The third-order valence-corrected chi connectivity index (χ3v) is 3.56. The van der Waals surface area contributed by atoms with E-state index in [1.165, 1.54) is 6.07 Å². The van der Waals surface area contributed by atoms with Gasteiger partial charge in [-0.2, -0.15) is 0 Å². The molecule has 2 fully saturated rings. The minimum atomic E-state index is -0.265. The fraction of sp³-hybridized carbons (Fsp3) is 0.462. The Kier molecular flexibility index (Phi) is 3.25. The second-order valence-electron chi connectivity index (χ2n) is 4.76. The minimum absolute atomic E-state index is 0.158. The molecular formula is C13H17FN4O. The Balaban J connectivity index is 1.82. The number of anilines is 2. The van der Waals surface area contributed by atoms with Crippen molar-refractivity contribution in [2.75, 3.05) is 49.1 Å². The van der Waals surface area contributed by atoms with Crippen LogP contribution >= 0.6 is 0 Å². The van der Waals surface area contributed by atoms with Crippen molar-refractivity contribution in [3.63, 3.8) is 0 Å². The van der Waals surface area contributed by atoms with Crippen LogP contribution in [0, 0.1) is 5.82 Å². The first-order valence-electron chi connectivity index (χ1n) is 6.56. The first-order valence-corrected chi connectivity index (χ1v) is 6.56. The third-order valence-electron chi connectivity index (χ3n) is 3.56. The molecule has 3 rings (SSSR count). The van der Waals surface area contributed by atoms with Crippen LogP contribution in [0.4, 0.5) is 20.6 Å². The van der Waals surface area contributed by atoms with Crippen LogP contribution in [0.5, 0.6) is 0 Å². The highest BCUT2D eigenvalue weighted by molar-refractivity contribution is 5.94. The van der Waals surface area contributed by atoms with E-state index in [4.69, 9.17) is 0 Å². The number of amides is 2. The summed E-state index contributed by atoms with van der Waals surface area (Å²) in [5, 5.41) is 5.95. The van der Waals surface area contributed by atoms with Gasteiger partial charge in [-0.3, -0.25) is 4.90 Å². The quantitative estimate of drug-likeness (QED) is 0.829. The molecule has 2 aliphatic rings. The van der Waals surface area contributed by atoms with Crippen molar-refractivity contribution in [1.82, 2.24) is 10.6 Å². The van der Waals surface area contributed by atoms with E-state index in [0.717, 1.165) is 26.2 Å². The van der Waals surface area contributed by atoms with E-state index < -0.39 is 0 Å². The second-order valence-corrected chi connectivity index (χ2v) is 4.76. The van der Waals surface area contributed by atoms with Crippen LogP contribution in [-0.2, 0) is 0 Å². The van der Waals surface area contributed by atoms with E-state index in [9.17, 15) is 9.18 Å². The van der Waals surface area contributed by atoms with E-state index in [2.05, 4.69) is 10.6 Å². The summed E-state index contributed by atoms with van der Waals surface area (Å²) in [5.41, 5.74) is 1.23. The molecule has 2 N–H and O–H groups in total. The molecule has 102 valence electrons.